The van der Waals surface area contributed by atoms with Crippen molar-refractivity contribution in [1.82, 2.24) is 44.1 Å². The largest absolute Gasteiger partial charge is 0.348 e. The Kier molecular flexibility index (Phi) is 3.61. The smallest absolute Gasteiger partial charge is 0.181 e. The van der Waals surface area contributed by atoms with Crippen molar-refractivity contribution in [3.05, 3.63) is 72.8 Å². The number of imidazole rings is 1. The maximum absolute atomic E-state index is 4.66. The molecule has 0 bridgehead atoms. The molecule has 4 aromatic heterocycles. The minimum Gasteiger partial charge on any atom is -0.348 e. The fraction of sp³-hybridized carbons (Fsp3) is 0.143. The highest BCUT2D eigenvalue weighted by Crippen LogP contribution is 2.20. The van der Waals surface area contributed by atoms with Gasteiger partial charge >= 0.3 is 0 Å². The Morgan fingerprint density at radius 2 is 1.87 bits per heavy atom. The molecule has 6 rings (SSSR count). The van der Waals surface area contributed by atoms with Crippen LogP contribution in [-0.4, -0.2) is 44.1 Å². The Balaban J connectivity index is 1.33. The minimum absolute atomic E-state index is 0.621. The molecule has 2 aliphatic rings. The Morgan fingerprint density at radius 1 is 0.933 bits per heavy atom. The van der Waals surface area contributed by atoms with Gasteiger partial charge in [-0.1, -0.05) is 0 Å². The predicted molar refractivity (Wildman–Crippen MR) is 111 cm³/mol. The van der Waals surface area contributed by atoms with Gasteiger partial charge in [-0.2, -0.15) is 10.2 Å². The first-order valence-corrected chi connectivity index (χ1v) is 9.57. The average Bonchev–Trinajstić information content (AvgIpc) is 3.46. The zero-order valence-corrected chi connectivity index (χ0v) is 16.2. The summed E-state index contributed by atoms with van der Waals surface area (Å²) in [4.78, 5) is 17.5. The molecule has 0 N–H and O–H groups in total. The highest BCUT2D eigenvalue weighted by atomic mass is 15.3. The van der Waals surface area contributed by atoms with Crippen molar-refractivity contribution in [2.24, 2.45) is 7.05 Å². The van der Waals surface area contributed by atoms with Gasteiger partial charge in [-0.05, 0) is 29.3 Å². The first-order chi connectivity index (χ1) is 14.7. The topological polar surface area (TPSA) is 92.1 Å². The van der Waals surface area contributed by atoms with Gasteiger partial charge in [0.25, 0.3) is 0 Å². The second-order valence-electron chi connectivity index (χ2n) is 7.32. The molecular weight excluding hydrogens is 378 g/mol. The third-order valence-corrected chi connectivity index (χ3v) is 5.25. The predicted octanol–water partition coefficient (Wildman–Crippen LogP) is 2.51. The second kappa shape index (κ2) is 6.45. The van der Waals surface area contributed by atoms with E-state index in [0.717, 1.165) is 44.6 Å². The highest BCUT2D eigenvalue weighted by Gasteiger charge is 2.11. The van der Waals surface area contributed by atoms with Gasteiger partial charge in [0, 0.05) is 55.3 Å². The van der Waals surface area contributed by atoms with E-state index in [2.05, 4.69) is 40.8 Å². The Hall–Kier alpha value is -4.14. The number of hydrogen-bond donors (Lipinski definition) is 0. The minimum atomic E-state index is 0.621. The molecule has 6 heterocycles. The zero-order valence-electron chi connectivity index (χ0n) is 16.2. The van der Waals surface area contributed by atoms with Crippen molar-refractivity contribution < 1.29 is 0 Å². The van der Waals surface area contributed by atoms with Crippen LogP contribution in [0.2, 0.25) is 0 Å². The molecule has 0 amide bonds. The lowest BCUT2D eigenvalue weighted by Crippen LogP contribution is -2.01. The van der Waals surface area contributed by atoms with Gasteiger partial charge in [-0.15, -0.1) is 0 Å². The number of rotatable bonds is 4. The maximum atomic E-state index is 4.66. The summed E-state index contributed by atoms with van der Waals surface area (Å²) in [5.41, 5.74) is 5.61. The van der Waals surface area contributed by atoms with E-state index < -0.39 is 0 Å². The van der Waals surface area contributed by atoms with Crippen molar-refractivity contribution in [1.29, 1.82) is 0 Å². The summed E-state index contributed by atoms with van der Waals surface area (Å²) in [6, 6.07) is 6.11. The van der Waals surface area contributed by atoms with Gasteiger partial charge in [-0.25, -0.2) is 19.9 Å². The van der Waals surface area contributed by atoms with Crippen LogP contribution in [-0.2, 0) is 20.1 Å². The molecular formula is C21H17N9. The summed E-state index contributed by atoms with van der Waals surface area (Å²) < 4.78 is 5.79. The highest BCUT2D eigenvalue weighted by molar-refractivity contribution is 5.78. The number of fused-ring (bicyclic) bond motifs is 3. The molecule has 0 saturated heterocycles. The van der Waals surface area contributed by atoms with Crippen LogP contribution in [0.5, 0.6) is 0 Å². The van der Waals surface area contributed by atoms with E-state index in [-0.39, 0.29) is 0 Å². The molecule has 2 aliphatic heterocycles. The Labute approximate surface area is 171 Å². The van der Waals surface area contributed by atoms with Crippen molar-refractivity contribution in [3.8, 4) is 11.4 Å². The number of hydrogen-bond acceptors (Lipinski definition) is 6. The summed E-state index contributed by atoms with van der Waals surface area (Å²) in [6.07, 6.45) is 13.2. The second-order valence-corrected chi connectivity index (χ2v) is 7.32. The van der Waals surface area contributed by atoms with Crippen LogP contribution in [0.1, 0.15) is 11.1 Å². The third kappa shape index (κ3) is 2.79. The van der Waals surface area contributed by atoms with Gasteiger partial charge in [0.2, 0.25) is 0 Å². The van der Waals surface area contributed by atoms with Gasteiger partial charge in [0.05, 0.1) is 18.4 Å². The van der Waals surface area contributed by atoms with E-state index in [9.17, 15) is 0 Å². The molecule has 0 aromatic carbocycles. The van der Waals surface area contributed by atoms with Crippen LogP contribution in [0.4, 0.5) is 0 Å². The maximum Gasteiger partial charge on any atom is 0.181 e. The monoisotopic (exact) mass is 395 g/mol. The number of aryl methyl sites for hydroxylation is 1. The summed E-state index contributed by atoms with van der Waals surface area (Å²) in [6.45, 7) is 1.33. The number of pyridine rings is 3. The molecule has 0 atom stereocenters. The van der Waals surface area contributed by atoms with Crippen LogP contribution < -0.4 is 0 Å². The van der Waals surface area contributed by atoms with Crippen molar-refractivity contribution in [2.45, 2.75) is 13.1 Å². The first kappa shape index (κ1) is 16.8. The molecule has 4 aromatic rings. The molecule has 9 heteroatoms. The van der Waals surface area contributed by atoms with E-state index in [0.29, 0.717) is 13.1 Å². The molecule has 0 fully saturated rings. The lowest BCUT2D eigenvalue weighted by atomic mass is 10.2. The number of aromatic nitrogens is 9. The lowest BCUT2D eigenvalue weighted by molar-refractivity contribution is 0.691. The molecule has 0 saturated carbocycles. The number of nitrogens with zero attached hydrogens (tertiary/aromatic N) is 9. The van der Waals surface area contributed by atoms with Crippen LogP contribution in [0, 0.1) is 0 Å². The molecule has 30 heavy (non-hydrogen) atoms. The van der Waals surface area contributed by atoms with Crippen LogP contribution >= 0.6 is 0 Å². The van der Waals surface area contributed by atoms with Crippen LogP contribution in [0.25, 0.3) is 33.5 Å². The van der Waals surface area contributed by atoms with Gasteiger partial charge in [-0.3, -0.25) is 9.36 Å². The van der Waals surface area contributed by atoms with Crippen molar-refractivity contribution in [2.75, 3.05) is 0 Å². The first-order valence-electron chi connectivity index (χ1n) is 9.57. The average molecular weight is 395 g/mol. The standard InChI is InChI=1S/C21H17N9/c1-28-21-16(8-26-28)6-14(7-23-21)9-30-11-17-15(2-4-22-20(17)27-30)10-29-5-3-18-19(12-29)25-13-24-18/h2-8,11-13H,9-10H2,1H3. The van der Waals surface area contributed by atoms with Crippen molar-refractivity contribution in [3.63, 3.8) is 0 Å². The van der Waals surface area contributed by atoms with Gasteiger partial charge < -0.3 is 4.57 Å². The zero-order chi connectivity index (χ0) is 20.1. The Bertz CT molecular complexity index is 1470. The summed E-state index contributed by atoms with van der Waals surface area (Å²) in [7, 11) is 1.89. The SMILES string of the molecule is Cn1ncc2cc(Cn3cc4c(Cn5ccc6ncnc-6c5)ccnc4n3)cnc21. The van der Waals surface area contributed by atoms with Crippen LogP contribution in [0.15, 0.2) is 61.7 Å². The van der Waals surface area contributed by atoms with E-state index in [1.165, 1.54) is 0 Å². The van der Waals surface area contributed by atoms with Gasteiger partial charge in [0.15, 0.2) is 11.3 Å². The van der Waals surface area contributed by atoms with Crippen molar-refractivity contribution >= 4 is 22.1 Å². The van der Waals surface area contributed by atoms with E-state index >= 15 is 0 Å². The molecule has 0 aliphatic carbocycles. The lowest BCUT2D eigenvalue weighted by Gasteiger charge is -2.08. The van der Waals surface area contributed by atoms with E-state index in [4.69, 9.17) is 0 Å². The summed E-state index contributed by atoms with van der Waals surface area (Å²) in [5.74, 6) is 0. The van der Waals surface area contributed by atoms with Crippen LogP contribution in [0.3, 0.4) is 0 Å². The molecule has 146 valence electrons. The fourth-order valence-electron chi connectivity index (χ4n) is 3.78. The molecule has 0 unspecified atom stereocenters. The fourth-order valence-corrected chi connectivity index (χ4v) is 3.78. The summed E-state index contributed by atoms with van der Waals surface area (Å²) in [5, 5.41) is 11.0. The quantitative estimate of drug-likeness (QED) is 0.455. The summed E-state index contributed by atoms with van der Waals surface area (Å²) >= 11 is 0. The van der Waals surface area contributed by atoms with Gasteiger partial charge in [0.1, 0.15) is 12.0 Å². The molecule has 0 spiro atoms. The normalized spacial score (nSPS) is 11.8. The Morgan fingerprint density at radius 3 is 2.83 bits per heavy atom. The molecule has 0 radical (unpaired) electrons. The van der Waals surface area contributed by atoms with E-state index in [1.54, 1.807) is 17.2 Å². The molecule has 9 nitrogen and oxygen atoms in total. The van der Waals surface area contributed by atoms with E-state index in [1.807, 2.05) is 54.8 Å². The third-order valence-electron chi connectivity index (χ3n) is 5.25.